The second-order valence-corrected chi connectivity index (χ2v) is 6.10. The number of anilines is 1. The number of aromatic carboxylic acids is 1. The van der Waals surface area contributed by atoms with Gasteiger partial charge in [-0.3, -0.25) is 5.43 Å². The van der Waals surface area contributed by atoms with Gasteiger partial charge in [0.05, 0.1) is 18.8 Å². The molecule has 1 aromatic carbocycles. The number of nitrogens with zero attached hydrogens (tertiary/aromatic N) is 3. The number of carbonyl (C=O) groups excluding carboxylic acids is 1. The van der Waals surface area contributed by atoms with Crippen LogP contribution >= 0.6 is 0 Å². The summed E-state index contributed by atoms with van der Waals surface area (Å²) in [6, 6.07) is 13.6. The number of hydrogen-bond acceptors (Lipinski definition) is 8. The van der Waals surface area contributed by atoms with Gasteiger partial charge >= 0.3 is 0 Å². The fourth-order valence-electron chi connectivity index (χ4n) is 2.82. The van der Waals surface area contributed by atoms with Crippen LogP contribution in [0.4, 0.5) is 5.82 Å². The average Bonchev–Trinajstić information content (AvgIpc) is 3.17. The third-order valence-electron chi connectivity index (χ3n) is 4.04. The molecular weight excluding hydrogens is 372 g/mol. The quantitative estimate of drug-likeness (QED) is 0.486. The Balaban J connectivity index is 1.82. The van der Waals surface area contributed by atoms with Crippen LogP contribution in [-0.4, -0.2) is 24.3 Å². The first-order valence-electron chi connectivity index (χ1n) is 8.62. The molecular formula is C21H17N4O4-. The maximum absolute atomic E-state index is 11.3. The van der Waals surface area contributed by atoms with Crippen molar-refractivity contribution in [3.8, 4) is 17.4 Å². The van der Waals surface area contributed by atoms with E-state index in [1.165, 1.54) is 12.3 Å². The molecule has 0 aliphatic heterocycles. The molecule has 0 unspecified atom stereocenters. The van der Waals surface area contributed by atoms with Gasteiger partial charge in [-0.05, 0) is 25.1 Å². The van der Waals surface area contributed by atoms with Gasteiger partial charge in [-0.1, -0.05) is 24.3 Å². The van der Waals surface area contributed by atoms with Crippen molar-refractivity contribution in [3.05, 3.63) is 70.6 Å². The summed E-state index contributed by atoms with van der Waals surface area (Å²) in [5.74, 6) is -0.205. The van der Waals surface area contributed by atoms with E-state index in [-0.39, 0.29) is 12.2 Å². The van der Waals surface area contributed by atoms with Crippen molar-refractivity contribution in [2.24, 2.45) is 5.10 Å². The van der Waals surface area contributed by atoms with Crippen LogP contribution < -0.4 is 10.5 Å². The molecule has 8 nitrogen and oxygen atoms in total. The second kappa shape index (κ2) is 8.82. The van der Waals surface area contributed by atoms with E-state index in [9.17, 15) is 15.2 Å². The van der Waals surface area contributed by atoms with Crippen molar-refractivity contribution in [3.63, 3.8) is 0 Å². The molecule has 0 amide bonds. The van der Waals surface area contributed by atoms with E-state index in [1.54, 1.807) is 43.5 Å². The minimum Gasteiger partial charge on any atom is -0.545 e. The van der Waals surface area contributed by atoms with Gasteiger partial charge in [-0.2, -0.15) is 10.4 Å². The number of nitrogens with one attached hydrogen (secondary N) is 1. The van der Waals surface area contributed by atoms with E-state index in [1.807, 2.05) is 6.92 Å². The van der Waals surface area contributed by atoms with Gasteiger partial charge in [0, 0.05) is 29.5 Å². The van der Waals surface area contributed by atoms with Gasteiger partial charge in [0.1, 0.15) is 23.2 Å². The maximum atomic E-state index is 11.3. The van der Waals surface area contributed by atoms with Gasteiger partial charge in [0.2, 0.25) is 0 Å². The number of aromatic nitrogens is 1. The minimum atomic E-state index is -1.28. The van der Waals surface area contributed by atoms with E-state index in [4.69, 9.17) is 9.15 Å². The van der Waals surface area contributed by atoms with Crippen LogP contribution in [0.25, 0.3) is 11.3 Å². The van der Waals surface area contributed by atoms with Crippen LogP contribution in [0.3, 0.4) is 0 Å². The number of furan rings is 1. The van der Waals surface area contributed by atoms with Crippen molar-refractivity contribution in [1.82, 2.24) is 4.98 Å². The van der Waals surface area contributed by atoms with Crippen LogP contribution in [0, 0.1) is 18.3 Å². The number of ether oxygens (including phenoxy) is 1. The number of carbonyl (C=O) groups is 1. The maximum Gasteiger partial charge on any atom is 0.164 e. The SMILES string of the molecule is COCc1cc(C)nc(N/N=C\c2ccc(-c3ccccc3C(=O)[O-])o2)c1C#N. The number of pyridine rings is 1. The average molecular weight is 389 g/mol. The van der Waals surface area contributed by atoms with E-state index in [2.05, 4.69) is 21.6 Å². The number of carboxylic acid groups (broad SMARTS) is 1. The number of rotatable bonds is 7. The van der Waals surface area contributed by atoms with Crippen LogP contribution in [0.1, 0.15) is 32.9 Å². The predicted octanol–water partition coefficient (Wildman–Crippen LogP) is 2.48. The van der Waals surface area contributed by atoms with E-state index < -0.39 is 5.97 Å². The summed E-state index contributed by atoms with van der Waals surface area (Å²) < 4.78 is 10.8. The highest BCUT2D eigenvalue weighted by molar-refractivity contribution is 5.94. The van der Waals surface area contributed by atoms with Crippen LogP contribution in [0.15, 0.2) is 52.0 Å². The van der Waals surface area contributed by atoms with Crippen molar-refractivity contribution >= 4 is 18.0 Å². The topological polar surface area (TPSA) is 124 Å². The minimum absolute atomic E-state index is 0.0387. The van der Waals surface area contributed by atoms with Gasteiger partial charge in [0.15, 0.2) is 5.82 Å². The number of methoxy groups -OCH3 is 1. The summed E-state index contributed by atoms with van der Waals surface area (Å²) in [6.07, 6.45) is 1.41. The normalized spacial score (nSPS) is 10.8. The lowest BCUT2D eigenvalue weighted by Crippen LogP contribution is -2.22. The molecule has 0 spiro atoms. The first-order valence-corrected chi connectivity index (χ1v) is 8.62. The summed E-state index contributed by atoms with van der Waals surface area (Å²) >= 11 is 0. The standard InChI is InChI=1S/C21H18N4O4/c1-13-9-14(12-28-2)18(10-22)20(24-13)25-23-11-15-7-8-19(29-15)16-5-3-4-6-17(16)21(26)27/h3-9,11H,12H2,1-2H3,(H,24,25)(H,26,27)/p-1/b23-11-. The molecule has 146 valence electrons. The molecule has 0 fully saturated rings. The summed E-state index contributed by atoms with van der Waals surface area (Å²) in [5.41, 5.74) is 4.97. The fraction of sp³-hybridized carbons (Fsp3) is 0.143. The van der Waals surface area contributed by atoms with Gasteiger partial charge < -0.3 is 19.1 Å². The van der Waals surface area contributed by atoms with Crippen molar-refractivity contribution < 1.29 is 19.1 Å². The summed E-state index contributed by atoms with van der Waals surface area (Å²) in [7, 11) is 1.55. The summed E-state index contributed by atoms with van der Waals surface area (Å²) in [4.78, 5) is 15.6. The molecule has 0 atom stereocenters. The smallest absolute Gasteiger partial charge is 0.164 e. The molecule has 0 aliphatic rings. The predicted molar refractivity (Wildman–Crippen MR) is 104 cm³/mol. The lowest BCUT2D eigenvalue weighted by Gasteiger charge is -2.09. The van der Waals surface area contributed by atoms with Gasteiger partial charge in [0.25, 0.3) is 0 Å². The molecule has 2 aromatic heterocycles. The molecule has 0 bridgehead atoms. The van der Waals surface area contributed by atoms with Crippen LogP contribution in [0.2, 0.25) is 0 Å². The molecule has 0 aliphatic carbocycles. The second-order valence-electron chi connectivity index (χ2n) is 6.10. The molecule has 0 saturated heterocycles. The highest BCUT2D eigenvalue weighted by Gasteiger charge is 2.12. The van der Waals surface area contributed by atoms with E-state index >= 15 is 0 Å². The zero-order valence-electron chi connectivity index (χ0n) is 15.8. The van der Waals surface area contributed by atoms with Crippen molar-refractivity contribution in [1.29, 1.82) is 5.26 Å². The highest BCUT2D eigenvalue weighted by Crippen LogP contribution is 2.25. The summed E-state index contributed by atoms with van der Waals surface area (Å²) in [5, 5.41) is 24.8. The molecule has 1 N–H and O–H groups in total. The Morgan fingerprint density at radius 2 is 2.17 bits per heavy atom. The molecule has 0 saturated carbocycles. The lowest BCUT2D eigenvalue weighted by molar-refractivity contribution is -0.254. The van der Waals surface area contributed by atoms with Gasteiger partial charge in [-0.15, -0.1) is 0 Å². The third-order valence-corrected chi connectivity index (χ3v) is 4.04. The molecule has 3 aromatic rings. The Labute approximate surface area is 167 Å². The van der Waals surface area contributed by atoms with E-state index in [0.29, 0.717) is 39.7 Å². The van der Waals surface area contributed by atoms with Crippen LogP contribution in [-0.2, 0) is 11.3 Å². The zero-order valence-corrected chi connectivity index (χ0v) is 15.8. The molecule has 3 rings (SSSR count). The monoisotopic (exact) mass is 389 g/mol. The Morgan fingerprint density at radius 3 is 2.90 bits per heavy atom. The zero-order chi connectivity index (χ0) is 20.8. The van der Waals surface area contributed by atoms with Crippen molar-refractivity contribution in [2.45, 2.75) is 13.5 Å². The number of hydrazone groups is 1. The summed E-state index contributed by atoms with van der Waals surface area (Å²) in [6.45, 7) is 2.09. The first kappa shape index (κ1) is 19.8. The highest BCUT2D eigenvalue weighted by atomic mass is 16.5. The number of benzene rings is 1. The van der Waals surface area contributed by atoms with Crippen molar-refractivity contribution in [2.75, 3.05) is 12.5 Å². The molecule has 0 radical (unpaired) electrons. The third kappa shape index (κ3) is 4.48. The Kier molecular flexibility index (Phi) is 6.02. The van der Waals surface area contributed by atoms with Crippen LogP contribution in [0.5, 0.6) is 0 Å². The molecule has 29 heavy (non-hydrogen) atoms. The molecule has 2 heterocycles. The fourth-order valence-corrected chi connectivity index (χ4v) is 2.82. The largest absolute Gasteiger partial charge is 0.545 e. The Hall–Kier alpha value is -3.96. The Bertz CT molecular complexity index is 1110. The molecule has 8 heteroatoms. The number of carboxylic acids is 1. The number of hydrogen-bond donors (Lipinski definition) is 1. The van der Waals surface area contributed by atoms with Gasteiger partial charge in [-0.25, -0.2) is 4.98 Å². The Morgan fingerprint density at radius 1 is 1.38 bits per heavy atom. The van der Waals surface area contributed by atoms with E-state index in [0.717, 1.165) is 0 Å². The first-order chi connectivity index (χ1) is 14.0. The number of aryl methyl sites for hydroxylation is 1. The lowest BCUT2D eigenvalue weighted by atomic mass is 10.1. The number of nitriles is 1.